The first-order valence-electron chi connectivity index (χ1n) is 3.63. The first-order valence-corrected chi connectivity index (χ1v) is 3.63. The van der Waals surface area contributed by atoms with Crippen molar-refractivity contribution in [3.8, 4) is 0 Å². The molecule has 0 aliphatic carbocycles. The standard InChI is InChI=1S/C9H11NO/c1-2-8-3-5-9(6-4-8)7-10-11/h3-7,11H,2H2,1H3. The summed E-state index contributed by atoms with van der Waals surface area (Å²) in [6.45, 7) is 2.11. The van der Waals surface area contributed by atoms with Crippen molar-refractivity contribution in [2.45, 2.75) is 13.3 Å². The predicted octanol–water partition coefficient (Wildman–Crippen LogP) is 2.06. The maximum Gasteiger partial charge on any atom is 0.0733 e. The van der Waals surface area contributed by atoms with E-state index in [2.05, 4.69) is 12.1 Å². The summed E-state index contributed by atoms with van der Waals surface area (Å²) in [6, 6.07) is 7.91. The van der Waals surface area contributed by atoms with Gasteiger partial charge in [0.25, 0.3) is 0 Å². The highest BCUT2D eigenvalue weighted by Gasteiger charge is 1.88. The number of nitrogens with zero attached hydrogens (tertiary/aromatic N) is 1. The first-order chi connectivity index (χ1) is 5.36. The van der Waals surface area contributed by atoms with Crippen LogP contribution in [0.3, 0.4) is 0 Å². The average Bonchev–Trinajstić information content (AvgIpc) is 2.07. The van der Waals surface area contributed by atoms with Crippen molar-refractivity contribution in [2.24, 2.45) is 5.16 Å². The Balaban J connectivity index is 2.82. The molecule has 1 aromatic rings. The molecule has 0 unspecified atom stereocenters. The smallest absolute Gasteiger partial charge is 0.0733 e. The first kappa shape index (κ1) is 7.79. The van der Waals surface area contributed by atoms with Crippen molar-refractivity contribution >= 4 is 6.21 Å². The summed E-state index contributed by atoms with van der Waals surface area (Å²) < 4.78 is 0. The maximum atomic E-state index is 8.22. The van der Waals surface area contributed by atoms with Gasteiger partial charge in [-0.15, -0.1) is 0 Å². The molecule has 0 radical (unpaired) electrons. The number of benzene rings is 1. The summed E-state index contributed by atoms with van der Waals surface area (Å²) in [5, 5.41) is 11.2. The Kier molecular flexibility index (Phi) is 2.66. The lowest BCUT2D eigenvalue weighted by Crippen LogP contribution is -1.82. The van der Waals surface area contributed by atoms with E-state index < -0.39 is 0 Å². The molecule has 1 N–H and O–H groups in total. The monoisotopic (exact) mass is 149 g/mol. The van der Waals surface area contributed by atoms with E-state index in [1.807, 2.05) is 24.3 Å². The van der Waals surface area contributed by atoms with E-state index in [9.17, 15) is 0 Å². The third kappa shape index (κ3) is 2.08. The summed E-state index contributed by atoms with van der Waals surface area (Å²) in [4.78, 5) is 0. The zero-order valence-electron chi connectivity index (χ0n) is 6.49. The molecule has 58 valence electrons. The quantitative estimate of drug-likeness (QED) is 0.389. The fourth-order valence-electron chi connectivity index (χ4n) is 0.906. The molecule has 0 amide bonds. The number of hydrogen-bond donors (Lipinski definition) is 1. The number of hydrogen-bond acceptors (Lipinski definition) is 2. The summed E-state index contributed by atoms with van der Waals surface area (Å²) in [5.74, 6) is 0. The van der Waals surface area contributed by atoms with Crippen LogP contribution in [0.1, 0.15) is 18.1 Å². The minimum Gasteiger partial charge on any atom is -0.411 e. The Morgan fingerprint density at radius 1 is 1.36 bits per heavy atom. The minimum atomic E-state index is 0.921. The van der Waals surface area contributed by atoms with Gasteiger partial charge in [0.1, 0.15) is 0 Å². The van der Waals surface area contributed by atoms with Gasteiger partial charge in [0.15, 0.2) is 0 Å². The molecule has 2 heteroatoms. The van der Waals surface area contributed by atoms with Crippen molar-refractivity contribution in [1.29, 1.82) is 0 Å². The second-order valence-electron chi connectivity index (χ2n) is 2.34. The Morgan fingerprint density at radius 2 is 2.00 bits per heavy atom. The van der Waals surface area contributed by atoms with Crippen molar-refractivity contribution in [1.82, 2.24) is 0 Å². The molecule has 0 heterocycles. The van der Waals surface area contributed by atoms with Crippen molar-refractivity contribution in [3.05, 3.63) is 35.4 Å². The molecule has 0 saturated carbocycles. The molecule has 1 aromatic carbocycles. The molecule has 0 aromatic heterocycles. The highest BCUT2D eigenvalue weighted by molar-refractivity contribution is 5.78. The van der Waals surface area contributed by atoms with Gasteiger partial charge in [0.05, 0.1) is 6.21 Å². The Morgan fingerprint density at radius 3 is 2.45 bits per heavy atom. The van der Waals surface area contributed by atoms with Crippen molar-refractivity contribution in [3.63, 3.8) is 0 Å². The number of oxime groups is 1. The van der Waals surface area contributed by atoms with Gasteiger partial charge in [-0.25, -0.2) is 0 Å². The lowest BCUT2D eigenvalue weighted by Gasteiger charge is -1.95. The van der Waals surface area contributed by atoms with E-state index in [4.69, 9.17) is 5.21 Å². The fourth-order valence-corrected chi connectivity index (χ4v) is 0.906. The molecule has 11 heavy (non-hydrogen) atoms. The maximum absolute atomic E-state index is 8.22. The van der Waals surface area contributed by atoms with Crippen LogP contribution in [0, 0.1) is 0 Å². The molecule has 0 aliphatic heterocycles. The van der Waals surface area contributed by atoms with E-state index in [1.165, 1.54) is 11.8 Å². The SMILES string of the molecule is CCc1ccc(C=NO)cc1. The molecule has 0 atom stereocenters. The van der Waals surface area contributed by atoms with Gasteiger partial charge >= 0.3 is 0 Å². The Hall–Kier alpha value is -1.31. The molecular weight excluding hydrogens is 138 g/mol. The molecular formula is C9H11NO. The van der Waals surface area contributed by atoms with Gasteiger partial charge < -0.3 is 5.21 Å². The van der Waals surface area contributed by atoms with Crippen LogP contribution in [-0.4, -0.2) is 11.4 Å². The molecule has 0 saturated heterocycles. The lowest BCUT2D eigenvalue weighted by atomic mass is 10.1. The Labute approximate surface area is 66.2 Å². The van der Waals surface area contributed by atoms with Gasteiger partial charge in [0, 0.05) is 0 Å². The van der Waals surface area contributed by atoms with Crippen LogP contribution in [0.25, 0.3) is 0 Å². The highest BCUT2D eigenvalue weighted by Crippen LogP contribution is 2.02. The van der Waals surface area contributed by atoms with Crippen LogP contribution >= 0.6 is 0 Å². The third-order valence-corrected chi connectivity index (χ3v) is 1.59. The van der Waals surface area contributed by atoms with E-state index in [0.29, 0.717) is 0 Å². The van der Waals surface area contributed by atoms with Gasteiger partial charge in [0.2, 0.25) is 0 Å². The van der Waals surface area contributed by atoms with Gasteiger partial charge in [-0.2, -0.15) is 0 Å². The van der Waals surface area contributed by atoms with E-state index in [0.717, 1.165) is 12.0 Å². The van der Waals surface area contributed by atoms with Gasteiger partial charge in [-0.05, 0) is 17.5 Å². The summed E-state index contributed by atoms with van der Waals surface area (Å²) >= 11 is 0. The van der Waals surface area contributed by atoms with Crippen LogP contribution in [0.15, 0.2) is 29.4 Å². The number of rotatable bonds is 2. The molecule has 0 bridgehead atoms. The lowest BCUT2D eigenvalue weighted by molar-refractivity contribution is 0.322. The zero-order valence-corrected chi connectivity index (χ0v) is 6.49. The molecule has 0 fully saturated rings. The normalized spacial score (nSPS) is 10.6. The second kappa shape index (κ2) is 3.76. The van der Waals surface area contributed by atoms with E-state index in [-0.39, 0.29) is 0 Å². The third-order valence-electron chi connectivity index (χ3n) is 1.59. The largest absolute Gasteiger partial charge is 0.411 e. The fraction of sp³-hybridized carbons (Fsp3) is 0.222. The number of aryl methyl sites for hydroxylation is 1. The summed E-state index contributed by atoms with van der Waals surface area (Å²) in [7, 11) is 0. The summed E-state index contributed by atoms with van der Waals surface area (Å²) in [6.07, 6.45) is 2.45. The molecule has 1 rings (SSSR count). The average molecular weight is 149 g/mol. The van der Waals surface area contributed by atoms with Crippen molar-refractivity contribution in [2.75, 3.05) is 0 Å². The van der Waals surface area contributed by atoms with Crippen LogP contribution in [0.5, 0.6) is 0 Å². The van der Waals surface area contributed by atoms with Gasteiger partial charge in [-0.1, -0.05) is 36.3 Å². The van der Waals surface area contributed by atoms with Crippen LogP contribution in [-0.2, 0) is 6.42 Å². The zero-order chi connectivity index (χ0) is 8.10. The molecule has 2 nitrogen and oxygen atoms in total. The van der Waals surface area contributed by atoms with E-state index >= 15 is 0 Å². The predicted molar refractivity (Wildman–Crippen MR) is 45.2 cm³/mol. The molecule has 0 aliphatic rings. The molecule has 0 spiro atoms. The topological polar surface area (TPSA) is 32.6 Å². The summed E-state index contributed by atoms with van der Waals surface area (Å²) in [5.41, 5.74) is 2.21. The second-order valence-corrected chi connectivity index (χ2v) is 2.34. The van der Waals surface area contributed by atoms with Crippen LogP contribution < -0.4 is 0 Å². The van der Waals surface area contributed by atoms with Gasteiger partial charge in [-0.3, -0.25) is 0 Å². The van der Waals surface area contributed by atoms with Crippen molar-refractivity contribution < 1.29 is 5.21 Å². The Bertz CT molecular complexity index is 238. The minimum absolute atomic E-state index is 0.921. The van der Waals surface area contributed by atoms with Crippen LogP contribution in [0.2, 0.25) is 0 Å². The van der Waals surface area contributed by atoms with E-state index in [1.54, 1.807) is 0 Å². The highest BCUT2D eigenvalue weighted by atomic mass is 16.4. The van der Waals surface area contributed by atoms with Crippen LogP contribution in [0.4, 0.5) is 0 Å².